The van der Waals surface area contributed by atoms with E-state index in [2.05, 4.69) is 10.6 Å². The van der Waals surface area contributed by atoms with Gasteiger partial charge in [-0.05, 0) is 28.7 Å². The van der Waals surface area contributed by atoms with Gasteiger partial charge in [0.05, 0.1) is 5.92 Å². The molecule has 4 rings (SSSR count). The van der Waals surface area contributed by atoms with Crippen LogP contribution in [0, 0.1) is 5.92 Å². The monoisotopic (exact) mass is 470 g/mol. The van der Waals surface area contributed by atoms with Crippen LogP contribution in [0.4, 0.5) is 13.6 Å². The summed E-state index contributed by atoms with van der Waals surface area (Å²) in [6.45, 7) is -0.0193. The van der Waals surface area contributed by atoms with Crippen molar-refractivity contribution in [3.8, 4) is 11.1 Å². The number of ether oxygens (including phenoxy) is 1. The molecule has 0 fully saturated rings. The summed E-state index contributed by atoms with van der Waals surface area (Å²) in [5.41, 5.74) is 4.09. The number of carboxylic acid groups (broad SMARTS) is 1. The summed E-state index contributed by atoms with van der Waals surface area (Å²) in [5, 5.41) is 13.8. The van der Waals surface area contributed by atoms with Gasteiger partial charge >= 0.3 is 12.1 Å². The van der Waals surface area contributed by atoms with Gasteiger partial charge in [-0.25, -0.2) is 13.6 Å². The predicted octanol–water partition coefficient (Wildman–Crippen LogP) is 3.69. The van der Waals surface area contributed by atoms with Crippen LogP contribution in [-0.2, 0) is 14.3 Å². The smallest absolute Gasteiger partial charge is 0.407 e. The minimum absolute atomic E-state index is 0.0193. The van der Waals surface area contributed by atoms with E-state index in [1.807, 2.05) is 48.5 Å². The lowest BCUT2D eigenvalue weighted by molar-refractivity contribution is -0.140. The van der Waals surface area contributed by atoms with Gasteiger partial charge in [0.25, 0.3) is 0 Å². The van der Waals surface area contributed by atoms with Gasteiger partial charge in [-0.15, -0.1) is 0 Å². The average Bonchev–Trinajstić information content (AvgIpc) is 3.40. The highest BCUT2D eigenvalue weighted by Gasteiger charge is 2.32. The molecule has 0 saturated heterocycles. The van der Waals surface area contributed by atoms with Crippen molar-refractivity contribution in [1.82, 2.24) is 10.6 Å². The molecule has 0 saturated carbocycles. The zero-order chi connectivity index (χ0) is 24.2. The maximum atomic E-state index is 13.1. The summed E-state index contributed by atoms with van der Waals surface area (Å²) < 4.78 is 31.5. The molecule has 2 aromatic carbocycles. The first-order chi connectivity index (χ1) is 16.3. The second-order valence-corrected chi connectivity index (χ2v) is 8.33. The number of halogens is 2. The SMILES string of the molecule is O=C(NC(CC(F)F)C(=O)NC1C=CC(C(=O)O)C1)OCC1c2ccccc2-c2ccccc21. The molecule has 2 aromatic rings. The van der Waals surface area contributed by atoms with E-state index in [1.54, 1.807) is 0 Å². The fourth-order valence-electron chi connectivity index (χ4n) is 4.46. The lowest BCUT2D eigenvalue weighted by Gasteiger charge is -2.21. The Bertz CT molecular complexity index is 1070. The van der Waals surface area contributed by atoms with E-state index in [-0.39, 0.29) is 18.9 Å². The van der Waals surface area contributed by atoms with E-state index in [0.29, 0.717) is 0 Å². The third kappa shape index (κ3) is 5.08. The topological polar surface area (TPSA) is 105 Å². The molecule has 2 aliphatic carbocycles. The van der Waals surface area contributed by atoms with Crippen LogP contribution in [0.1, 0.15) is 29.9 Å². The standard InChI is InChI=1S/C25H24F2N2O5/c26-22(27)12-21(23(30)28-15-10-9-14(11-15)24(31)32)29-25(33)34-13-20-18-7-3-1-5-16(18)17-6-2-4-8-19(17)20/h1-10,14-15,20-22H,11-13H2,(H,28,30)(H,29,33)(H,31,32). The van der Waals surface area contributed by atoms with Crippen molar-refractivity contribution in [2.75, 3.05) is 6.61 Å². The van der Waals surface area contributed by atoms with Gasteiger partial charge in [-0.3, -0.25) is 9.59 Å². The molecule has 0 spiro atoms. The Kier molecular flexibility index (Phi) is 6.90. The molecular weight excluding hydrogens is 446 g/mol. The Balaban J connectivity index is 1.38. The van der Waals surface area contributed by atoms with Gasteiger partial charge in [0.15, 0.2) is 0 Å². The molecule has 3 atom stereocenters. The van der Waals surface area contributed by atoms with Gasteiger partial charge < -0.3 is 20.5 Å². The second-order valence-electron chi connectivity index (χ2n) is 8.33. The molecule has 3 N–H and O–H groups in total. The molecule has 3 unspecified atom stereocenters. The zero-order valence-electron chi connectivity index (χ0n) is 18.1. The first kappa shape index (κ1) is 23.4. The number of benzene rings is 2. The first-order valence-corrected chi connectivity index (χ1v) is 10.9. The van der Waals surface area contributed by atoms with E-state index in [1.165, 1.54) is 12.2 Å². The maximum Gasteiger partial charge on any atom is 0.407 e. The number of nitrogens with one attached hydrogen (secondary N) is 2. The molecule has 2 amide bonds. The summed E-state index contributed by atoms with van der Waals surface area (Å²) in [4.78, 5) is 36.0. The average molecular weight is 470 g/mol. The molecular formula is C25H24F2N2O5. The number of fused-ring (bicyclic) bond motifs is 3. The Morgan fingerprint density at radius 2 is 1.62 bits per heavy atom. The Labute approximate surface area is 194 Å². The third-order valence-electron chi connectivity index (χ3n) is 6.09. The third-order valence-corrected chi connectivity index (χ3v) is 6.09. The van der Waals surface area contributed by atoms with E-state index in [9.17, 15) is 23.2 Å². The van der Waals surface area contributed by atoms with Crippen molar-refractivity contribution >= 4 is 18.0 Å². The number of carbonyl (C=O) groups excluding carboxylic acids is 2. The minimum Gasteiger partial charge on any atom is -0.481 e. The van der Waals surface area contributed by atoms with Crippen LogP contribution in [0.3, 0.4) is 0 Å². The quantitative estimate of drug-likeness (QED) is 0.511. The molecule has 178 valence electrons. The highest BCUT2D eigenvalue weighted by atomic mass is 19.3. The van der Waals surface area contributed by atoms with Crippen LogP contribution in [0.25, 0.3) is 11.1 Å². The normalized spacial score (nSPS) is 19.4. The number of alkyl carbamates (subject to hydrolysis) is 1. The second kappa shape index (κ2) is 10.0. The highest BCUT2D eigenvalue weighted by molar-refractivity contribution is 5.86. The van der Waals surface area contributed by atoms with Crippen molar-refractivity contribution in [1.29, 1.82) is 0 Å². The van der Waals surface area contributed by atoms with E-state index >= 15 is 0 Å². The minimum atomic E-state index is -2.84. The fraction of sp³-hybridized carbons (Fsp3) is 0.320. The first-order valence-electron chi connectivity index (χ1n) is 10.9. The summed E-state index contributed by atoms with van der Waals surface area (Å²) in [6, 6.07) is 13.4. The number of hydrogen-bond donors (Lipinski definition) is 3. The fourth-order valence-corrected chi connectivity index (χ4v) is 4.46. The van der Waals surface area contributed by atoms with Gasteiger partial charge in [0.2, 0.25) is 12.3 Å². The molecule has 0 heterocycles. The van der Waals surface area contributed by atoms with Crippen LogP contribution in [0.5, 0.6) is 0 Å². The summed E-state index contributed by atoms with van der Waals surface area (Å²) >= 11 is 0. The largest absolute Gasteiger partial charge is 0.481 e. The van der Waals surface area contributed by atoms with Crippen molar-refractivity contribution < 1.29 is 33.0 Å². The van der Waals surface area contributed by atoms with Crippen molar-refractivity contribution in [2.24, 2.45) is 5.92 Å². The Morgan fingerprint density at radius 1 is 1.00 bits per heavy atom. The molecule has 9 heteroatoms. The highest BCUT2D eigenvalue weighted by Crippen LogP contribution is 2.44. The maximum absolute atomic E-state index is 13.1. The van der Waals surface area contributed by atoms with Crippen LogP contribution < -0.4 is 10.6 Å². The molecule has 0 aromatic heterocycles. The van der Waals surface area contributed by atoms with Crippen LogP contribution in [-0.4, -0.2) is 48.2 Å². The van der Waals surface area contributed by atoms with Crippen LogP contribution >= 0.6 is 0 Å². The molecule has 0 aliphatic heterocycles. The number of carboxylic acids is 1. The number of carbonyl (C=O) groups is 3. The summed E-state index contributed by atoms with van der Waals surface area (Å²) in [6.07, 6.45) is -1.65. The molecule has 0 bridgehead atoms. The van der Waals surface area contributed by atoms with E-state index in [4.69, 9.17) is 9.84 Å². The van der Waals surface area contributed by atoms with Crippen LogP contribution in [0.15, 0.2) is 60.7 Å². The lowest BCUT2D eigenvalue weighted by atomic mass is 9.98. The van der Waals surface area contributed by atoms with Gasteiger partial charge in [0, 0.05) is 18.4 Å². The molecule has 2 aliphatic rings. The molecule has 34 heavy (non-hydrogen) atoms. The zero-order valence-corrected chi connectivity index (χ0v) is 18.1. The lowest BCUT2D eigenvalue weighted by Crippen LogP contribution is -2.50. The number of aliphatic carboxylic acids is 1. The number of hydrogen-bond acceptors (Lipinski definition) is 4. The van der Waals surface area contributed by atoms with Gasteiger partial charge in [-0.1, -0.05) is 60.7 Å². The van der Waals surface area contributed by atoms with Crippen molar-refractivity contribution in [2.45, 2.75) is 37.3 Å². The summed E-state index contributed by atoms with van der Waals surface area (Å²) in [5.74, 6) is -2.82. The Hall–Kier alpha value is -3.75. The number of alkyl halides is 2. The van der Waals surface area contributed by atoms with E-state index < -0.39 is 48.8 Å². The summed E-state index contributed by atoms with van der Waals surface area (Å²) in [7, 11) is 0. The molecule has 7 nitrogen and oxygen atoms in total. The number of rotatable bonds is 8. The molecule has 0 radical (unpaired) electrons. The van der Waals surface area contributed by atoms with Crippen molar-refractivity contribution in [3.05, 3.63) is 71.8 Å². The Morgan fingerprint density at radius 3 is 2.18 bits per heavy atom. The van der Waals surface area contributed by atoms with Crippen molar-refractivity contribution in [3.63, 3.8) is 0 Å². The van der Waals surface area contributed by atoms with Crippen LogP contribution in [0.2, 0.25) is 0 Å². The van der Waals surface area contributed by atoms with E-state index in [0.717, 1.165) is 22.3 Å². The number of amides is 2. The van der Waals surface area contributed by atoms with Gasteiger partial charge in [0.1, 0.15) is 12.6 Å². The predicted molar refractivity (Wildman–Crippen MR) is 119 cm³/mol. The van der Waals surface area contributed by atoms with Gasteiger partial charge in [-0.2, -0.15) is 0 Å².